The Kier molecular flexibility index (Phi) is 7.04. The summed E-state index contributed by atoms with van der Waals surface area (Å²) in [6.07, 6.45) is 1.36. The zero-order valence-electron chi connectivity index (χ0n) is 16.6. The van der Waals surface area contributed by atoms with E-state index >= 15 is 0 Å². The molecular weight excluding hydrogens is 477 g/mol. The lowest BCUT2D eigenvalue weighted by atomic mass is 10.1. The van der Waals surface area contributed by atoms with Gasteiger partial charge in [-0.1, -0.05) is 15.9 Å². The van der Waals surface area contributed by atoms with Crippen LogP contribution in [0.2, 0.25) is 0 Å². The number of aromatic nitrogens is 2. The molecule has 0 aliphatic heterocycles. The molecule has 2 aromatic rings. The van der Waals surface area contributed by atoms with Gasteiger partial charge in [0.25, 0.3) is 11.9 Å². The fourth-order valence-corrected chi connectivity index (χ4v) is 3.43. The largest absolute Gasteiger partial charge is 0.416 e. The van der Waals surface area contributed by atoms with Crippen molar-refractivity contribution in [3.05, 3.63) is 52.3 Å². The van der Waals surface area contributed by atoms with E-state index in [4.69, 9.17) is 5.73 Å². The van der Waals surface area contributed by atoms with Crippen molar-refractivity contribution in [2.24, 2.45) is 21.6 Å². The van der Waals surface area contributed by atoms with Crippen LogP contribution in [0.4, 0.5) is 19.1 Å². The van der Waals surface area contributed by atoms with Crippen LogP contribution in [0.25, 0.3) is 0 Å². The number of nitrogens with zero attached hydrogens (tertiary/aromatic N) is 5. The van der Waals surface area contributed by atoms with Gasteiger partial charge in [0, 0.05) is 29.0 Å². The highest BCUT2D eigenvalue weighted by Gasteiger charge is 2.35. The van der Waals surface area contributed by atoms with Crippen molar-refractivity contribution in [1.82, 2.24) is 14.9 Å². The first-order chi connectivity index (χ1) is 14.7. The van der Waals surface area contributed by atoms with Crippen molar-refractivity contribution < 1.29 is 18.0 Å². The molecule has 1 heterocycles. The fourth-order valence-electron chi connectivity index (χ4n) is 2.94. The molecule has 0 saturated heterocycles. The summed E-state index contributed by atoms with van der Waals surface area (Å²) >= 11 is 3.07. The summed E-state index contributed by atoms with van der Waals surface area (Å²) in [7, 11) is 0. The summed E-state index contributed by atoms with van der Waals surface area (Å²) in [5, 5.41) is 0. The van der Waals surface area contributed by atoms with Gasteiger partial charge in [-0.3, -0.25) is 4.79 Å². The van der Waals surface area contributed by atoms with E-state index in [-0.39, 0.29) is 27.7 Å². The Hall–Kier alpha value is -2.82. The Labute approximate surface area is 185 Å². The second kappa shape index (κ2) is 9.54. The highest BCUT2D eigenvalue weighted by molar-refractivity contribution is 9.10. The number of amidine groups is 1. The first-order valence-corrected chi connectivity index (χ1v) is 10.3. The molecule has 1 amide bonds. The average Bonchev–Trinajstić information content (AvgIpc) is 3.55. The summed E-state index contributed by atoms with van der Waals surface area (Å²) in [6, 6.07) is 4.10. The number of halogens is 4. The molecule has 1 aromatic heterocycles. The Morgan fingerprint density at radius 1 is 1.32 bits per heavy atom. The summed E-state index contributed by atoms with van der Waals surface area (Å²) in [4.78, 5) is 31.2. The molecule has 3 rings (SSSR count). The van der Waals surface area contributed by atoms with Gasteiger partial charge in [0.2, 0.25) is 0 Å². The third kappa shape index (κ3) is 6.09. The molecule has 2 N–H and O–H groups in total. The second-order valence-electron chi connectivity index (χ2n) is 7.10. The molecular formula is C20H20BrF3N6O. The zero-order valence-corrected chi connectivity index (χ0v) is 18.1. The second-order valence-corrected chi connectivity index (χ2v) is 8.02. The Morgan fingerprint density at radius 3 is 2.58 bits per heavy atom. The number of alkyl halides is 3. The summed E-state index contributed by atoms with van der Waals surface area (Å²) in [5.41, 5.74) is 4.47. The average molecular weight is 497 g/mol. The van der Waals surface area contributed by atoms with E-state index in [1.165, 1.54) is 23.4 Å². The predicted molar refractivity (Wildman–Crippen MR) is 114 cm³/mol. The SMILES string of the molecule is CC(C(N=CN)=Nc1ncccn1)N(CC1CC1)C(=O)c1cc(Br)cc(C(F)(F)F)c1. The third-order valence-corrected chi connectivity index (χ3v) is 5.16. The molecule has 11 heteroatoms. The minimum Gasteiger partial charge on any atom is -0.390 e. The molecule has 0 spiro atoms. The number of amides is 1. The highest BCUT2D eigenvalue weighted by Crippen LogP contribution is 2.34. The lowest BCUT2D eigenvalue weighted by Crippen LogP contribution is -2.44. The summed E-state index contributed by atoms with van der Waals surface area (Å²) in [5.74, 6) is 0.0288. The molecule has 1 aliphatic rings. The molecule has 7 nitrogen and oxygen atoms in total. The van der Waals surface area contributed by atoms with Crippen LogP contribution in [0.5, 0.6) is 0 Å². The van der Waals surface area contributed by atoms with Crippen LogP contribution in [-0.2, 0) is 6.18 Å². The van der Waals surface area contributed by atoms with Gasteiger partial charge in [-0.05, 0) is 49.9 Å². The van der Waals surface area contributed by atoms with Gasteiger partial charge >= 0.3 is 6.18 Å². The third-order valence-electron chi connectivity index (χ3n) is 4.70. The molecule has 0 radical (unpaired) electrons. The highest BCUT2D eigenvalue weighted by atomic mass is 79.9. The van der Waals surface area contributed by atoms with Crippen molar-refractivity contribution in [3.8, 4) is 0 Å². The van der Waals surface area contributed by atoms with Crippen LogP contribution in [0.1, 0.15) is 35.7 Å². The van der Waals surface area contributed by atoms with Crippen molar-refractivity contribution in [1.29, 1.82) is 0 Å². The first-order valence-electron chi connectivity index (χ1n) is 9.47. The quantitative estimate of drug-likeness (QED) is 0.478. The van der Waals surface area contributed by atoms with Gasteiger partial charge < -0.3 is 10.6 Å². The van der Waals surface area contributed by atoms with E-state index in [9.17, 15) is 18.0 Å². The van der Waals surface area contributed by atoms with Crippen molar-refractivity contribution in [2.45, 2.75) is 32.0 Å². The minimum absolute atomic E-state index is 0.0822. The maximum Gasteiger partial charge on any atom is 0.416 e. The van der Waals surface area contributed by atoms with Gasteiger partial charge in [-0.25, -0.2) is 15.0 Å². The zero-order chi connectivity index (χ0) is 22.6. The fraction of sp³-hybridized carbons (Fsp3) is 0.350. The molecule has 1 aromatic carbocycles. The lowest BCUT2D eigenvalue weighted by Gasteiger charge is -2.29. The normalized spacial score (nSPS) is 15.8. The molecule has 1 fully saturated rings. The maximum atomic E-state index is 13.3. The van der Waals surface area contributed by atoms with Crippen molar-refractivity contribution in [2.75, 3.05) is 6.54 Å². The van der Waals surface area contributed by atoms with Crippen LogP contribution in [0, 0.1) is 5.92 Å². The first kappa shape index (κ1) is 22.9. The molecule has 164 valence electrons. The van der Waals surface area contributed by atoms with Crippen molar-refractivity contribution >= 4 is 40.0 Å². The smallest absolute Gasteiger partial charge is 0.390 e. The number of nitrogens with two attached hydrogens (primary N) is 1. The number of hydrogen-bond donors (Lipinski definition) is 1. The molecule has 0 bridgehead atoms. The maximum absolute atomic E-state index is 13.3. The van der Waals surface area contributed by atoms with E-state index in [1.54, 1.807) is 13.0 Å². The van der Waals surface area contributed by atoms with Gasteiger partial charge in [0.05, 0.1) is 17.9 Å². The van der Waals surface area contributed by atoms with E-state index in [0.717, 1.165) is 31.3 Å². The summed E-state index contributed by atoms with van der Waals surface area (Å²) < 4.78 is 39.9. The molecule has 1 saturated carbocycles. The molecule has 31 heavy (non-hydrogen) atoms. The number of hydrogen-bond acceptors (Lipinski definition) is 4. The van der Waals surface area contributed by atoms with Crippen LogP contribution in [0.15, 0.2) is 51.1 Å². The number of aliphatic imine (C=N–C) groups is 2. The molecule has 1 atom stereocenters. The van der Waals surface area contributed by atoms with Gasteiger partial charge in [-0.2, -0.15) is 18.2 Å². The number of carbonyl (C=O) groups excluding carboxylic acids is 1. The minimum atomic E-state index is -4.58. The molecule has 1 unspecified atom stereocenters. The van der Waals surface area contributed by atoms with E-state index in [0.29, 0.717) is 6.54 Å². The van der Waals surface area contributed by atoms with E-state index in [1.807, 2.05) is 0 Å². The van der Waals surface area contributed by atoms with Gasteiger partial charge in [0.1, 0.15) is 0 Å². The number of rotatable bonds is 6. The number of carbonyl (C=O) groups is 1. The van der Waals surface area contributed by atoms with E-state index < -0.39 is 23.7 Å². The standard InChI is InChI=1S/C20H20BrF3N6O/c1-12(17(28-11-25)29-19-26-5-2-6-27-19)30(10-13-3-4-13)18(31)14-7-15(20(22,23)24)9-16(21)8-14/h2,5-9,11-13H,3-4,10H2,1H3,(H2,25,26,27,28,29). The summed E-state index contributed by atoms with van der Waals surface area (Å²) in [6.45, 7) is 2.06. The molecule has 1 aliphatic carbocycles. The van der Waals surface area contributed by atoms with Gasteiger partial charge in [-0.15, -0.1) is 0 Å². The van der Waals surface area contributed by atoms with Crippen LogP contribution >= 0.6 is 15.9 Å². The lowest BCUT2D eigenvalue weighted by molar-refractivity contribution is -0.137. The van der Waals surface area contributed by atoms with Crippen LogP contribution < -0.4 is 5.73 Å². The number of benzene rings is 1. The van der Waals surface area contributed by atoms with Crippen LogP contribution in [-0.4, -0.2) is 45.5 Å². The van der Waals surface area contributed by atoms with Crippen molar-refractivity contribution in [3.63, 3.8) is 0 Å². The van der Waals surface area contributed by atoms with Gasteiger partial charge in [0.15, 0.2) is 5.84 Å². The predicted octanol–water partition coefficient (Wildman–Crippen LogP) is 4.22. The Balaban J connectivity index is 1.98. The Morgan fingerprint density at radius 2 is 2.00 bits per heavy atom. The van der Waals surface area contributed by atoms with Crippen LogP contribution in [0.3, 0.4) is 0 Å². The Bertz CT molecular complexity index is 992. The topological polar surface area (TPSA) is 96.8 Å². The monoisotopic (exact) mass is 496 g/mol. The van der Waals surface area contributed by atoms with E-state index in [2.05, 4.69) is 35.9 Å².